The van der Waals surface area contributed by atoms with Crippen LogP contribution < -0.4 is 0 Å². The molecule has 3 aromatic rings. The monoisotopic (exact) mass is 279 g/mol. The Morgan fingerprint density at radius 2 is 1.71 bits per heavy atom. The van der Waals surface area contributed by atoms with Gasteiger partial charge in [0.1, 0.15) is 17.0 Å². The number of rotatable bonds is 3. The van der Waals surface area contributed by atoms with Crippen LogP contribution in [0.2, 0.25) is 0 Å². The number of phenols is 2. The summed E-state index contributed by atoms with van der Waals surface area (Å²) in [6.45, 7) is 1.89. The van der Waals surface area contributed by atoms with Crippen LogP contribution in [0, 0.1) is 6.92 Å². The molecule has 0 aliphatic rings. The van der Waals surface area contributed by atoms with Gasteiger partial charge in [-0.15, -0.1) is 0 Å². The lowest BCUT2D eigenvalue weighted by molar-refractivity contribution is 0.463. The van der Waals surface area contributed by atoms with Crippen molar-refractivity contribution in [2.75, 3.05) is 0 Å². The number of aromatic nitrogens is 1. The van der Waals surface area contributed by atoms with Crippen LogP contribution in [0.3, 0.4) is 0 Å². The zero-order valence-electron chi connectivity index (χ0n) is 11.9. The standard InChI is InChI=1S/C18H17NO2/c1-12-4-2-6-14(18(12)21)9-11-15-10-8-13-5-3-7-16(20)17(13)19-15/h2-8,10,20-21H,9,11H2,1H3. The Morgan fingerprint density at radius 1 is 0.905 bits per heavy atom. The van der Waals surface area contributed by atoms with Gasteiger partial charge in [-0.2, -0.15) is 0 Å². The lowest BCUT2D eigenvalue weighted by Crippen LogP contribution is -1.96. The minimum absolute atomic E-state index is 0.202. The minimum atomic E-state index is 0.202. The van der Waals surface area contributed by atoms with Gasteiger partial charge < -0.3 is 10.2 Å². The van der Waals surface area contributed by atoms with E-state index in [4.69, 9.17) is 0 Å². The van der Waals surface area contributed by atoms with E-state index in [1.807, 2.05) is 49.4 Å². The highest BCUT2D eigenvalue weighted by Gasteiger charge is 2.06. The van der Waals surface area contributed by atoms with Gasteiger partial charge in [0.15, 0.2) is 0 Å². The van der Waals surface area contributed by atoms with Crippen molar-refractivity contribution in [2.45, 2.75) is 19.8 Å². The normalized spacial score (nSPS) is 10.9. The van der Waals surface area contributed by atoms with Crippen molar-refractivity contribution in [3.8, 4) is 11.5 Å². The summed E-state index contributed by atoms with van der Waals surface area (Å²) in [5, 5.41) is 20.8. The van der Waals surface area contributed by atoms with Crippen molar-refractivity contribution in [1.29, 1.82) is 0 Å². The highest BCUT2D eigenvalue weighted by atomic mass is 16.3. The molecule has 21 heavy (non-hydrogen) atoms. The summed E-state index contributed by atoms with van der Waals surface area (Å²) < 4.78 is 0. The Balaban J connectivity index is 1.85. The van der Waals surface area contributed by atoms with Gasteiger partial charge in [-0.05, 0) is 43.0 Å². The predicted octanol–water partition coefficient (Wildman–Crippen LogP) is 3.74. The SMILES string of the molecule is Cc1cccc(CCc2ccc3cccc(O)c3n2)c1O. The Kier molecular flexibility index (Phi) is 3.48. The Labute approximate surface area is 123 Å². The second-order valence-electron chi connectivity index (χ2n) is 5.23. The fourth-order valence-corrected chi connectivity index (χ4v) is 2.50. The first-order valence-corrected chi connectivity index (χ1v) is 7.00. The highest BCUT2D eigenvalue weighted by molar-refractivity contribution is 5.84. The molecule has 1 aromatic heterocycles. The van der Waals surface area contributed by atoms with Gasteiger partial charge in [-0.3, -0.25) is 0 Å². The summed E-state index contributed by atoms with van der Waals surface area (Å²) in [6, 6.07) is 15.1. The molecule has 0 saturated heterocycles. The summed E-state index contributed by atoms with van der Waals surface area (Å²) in [5.74, 6) is 0.564. The van der Waals surface area contributed by atoms with E-state index in [9.17, 15) is 10.2 Å². The van der Waals surface area contributed by atoms with Gasteiger partial charge in [-0.25, -0.2) is 4.98 Å². The number of hydrogen-bond acceptors (Lipinski definition) is 3. The van der Waals surface area contributed by atoms with E-state index in [0.717, 1.165) is 35.0 Å². The Hall–Kier alpha value is -2.55. The highest BCUT2D eigenvalue weighted by Crippen LogP contribution is 2.25. The summed E-state index contributed by atoms with van der Waals surface area (Å²) in [4.78, 5) is 4.51. The van der Waals surface area contributed by atoms with Crippen molar-refractivity contribution in [2.24, 2.45) is 0 Å². The summed E-state index contributed by atoms with van der Waals surface area (Å²) in [6.07, 6.45) is 1.45. The predicted molar refractivity (Wildman–Crippen MR) is 83.7 cm³/mol. The van der Waals surface area contributed by atoms with Gasteiger partial charge in [-0.1, -0.05) is 36.4 Å². The smallest absolute Gasteiger partial charge is 0.141 e. The minimum Gasteiger partial charge on any atom is -0.507 e. The second kappa shape index (κ2) is 5.44. The molecule has 2 N–H and O–H groups in total. The van der Waals surface area contributed by atoms with Crippen LogP contribution in [0.1, 0.15) is 16.8 Å². The number of aromatic hydroxyl groups is 2. The molecule has 0 amide bonds. The maximum Gasteiger partial charge on any atom is 0.141 e. The molecule has 1 heterocycles. The fourth-order valence-electron chi connectivity index (χ4n) is 2.50. The molecule has 0 spiro atoms. The average Bonchev–Trinajstić information content (AvgIpc) is 2.49. The third kappa shape index (κ3) is 2.68. The van der Waals surface area contributed by atoms with Crippen LogP contribution >= 0.6 is 0 Å². The van der Waals surface area contributed by atoms with E-state index < -0.39 is 0 Å². The first-order valence-electron chi connectivity index (χ1n) is 7.00. The van der Waals surface area contributed by atoms with E-state index in [1.54, 1.807) is 6.07 Å². The van der Waals surface area contributed by atoms with Gasteiger partial charge in [0.2, 0.25) is 0 Å². The molecule has 0 saturated carbocycles. The first-order chi connectivity index (χ1) is 10.1. The molecule has 3 nitrogen and oxygen atoms in total. The molecule has 0 atom stereocenters. The van der Waals surface area contributed by atoms with Crippen LogP contribution in [-0.4, -0.2) is 15.2 Å². The quantitative estimate of drug-likeness (QED) is 0.768. The first kappa shape index (κ1) is 13.4. The van der Waals surface area contributed by atoms with Crippen LogP contribution in [0.4, 0.5) is 0 Å². The molecule has 0 radical (unpaired) electrons. The van der Waals surface area contributed by atoms with Crippen LogP contribution in [0.25, 0.3) is 10.9 Å². The number of phenolic OH excluding ortho intramolecular Hbond substituents is 2. The zero-order valence-corrected chi connectivity index (χ0v) is 11.9. The molecular weight excluding hydrogens is 262 g/mol. The van der Waals surface area contributed by atoms with Gasteiger partial charge in [0.05, 0.1) is 0 Å². The van der Waals surface area contributed by atoms with E-state index in [-0.39, 0.29) is 5.75 Å². The third-order valence-corrected chi connectivity index (χ3v) is 3.73. The van der Waals surface area contributed by atoms with Crippen molar-refractivity contribution < 1.29 is 10.2 Å². The van der Waals surface area contributed by atoms with E-state index in [1.165, 1.54) is 0 Å². The Morgan fingerprint density at radius 3 is 2.57 bits per heavy atom. The number of pyridine rings is 1. The fraction of sp³-hybridized carbons (Fsp3) is 0.167. The van der Waals surface area contributed by atoms with Gasteiger partial charge in [0, 0.05) is 11.1 Å². The largest absolute Gasteiger partial charge is 0.507 e. The molecule has 2 aromatic carbocycles. The van der Waals surface area contributed by atoms with Crippen molar-refractivity contribution in [3.05, 3.63) is 65.4 Å². The topological polar surface area (TPSA) is 53.4 Å². The molecule has 0 unspecified atom stereocenters. The lowest BCUT2D eigenvalue weighted by Gasteiger charge is -2.08. The number of hydrogen-bond donors (Lipinski definition) is 2. The van der Waals surface area contributed by atoms with Crippen molar-refractivity contribution in [1.82, 2.24) is 4.98 Å². The molecule has 0 bridgehead atoms. The van der Waals surface area contributed by atoms with Crippen LogP contribution in [0.15, 0.2) is 48.5 Å². The maximum absolute atomic E-state index is 10.0. The molecule has 3 rings (SSSR count). The average molecular weight is 279 g/mol. The molecule has 0 aliphatic carbocycles. The second-order valence-corrected chi connectivity index (χ2v) is 5.23. The van der Waals surface area contributed by atoms with E-state index >= 15 is 0 Å². The molecule has 0 aliphatic heterocycles. The zero-order chi connectivity index (χ0) is 14.8. The van der Waals surface area contributed by atoms with Crippen molar-refractivity contribution >= 4 is 10.9 Å². The summed E-state index contributed by atoms with van der Waals surface area (Å²) in [7, 11) is 0. The summed E-state index contributed by atoms with van der Waals surface area (Å²) in [5.41, 5.74) is 3.35. The van der Waals surface area contributed by atoms with Crippen molar-refractivity contribution in [3.63, 3.8) is 0 Å². The van der Waals surface area contributed by atoms with Crippen LogP contribution in [0.5, 0.6) is 11.5 Å². The molecular formula is C18H17NO2. The molecule has 3 heteroatoms. The lowest BCUT2D eigenvalue weighted by atomic mass is 10.0. The molecule has 0 fully saturated rings. The Bertz CT molecular complexity index is 796. The number of aryl methyl sites for hydroxylation is 3. The number of nitrogens with zero attached hydrogens (tertiary/aromatic N) is 1. The maximum atomic E-state index is 10.0. The van der Waals surface area contributed by atoms with Gasteiger partial charge >= 0.3 is 0 Å². The number of benzene rings is 2. The van der Waals surface area contributed by atoms with E-state index in [2.05, 4.69) is 4.98 Å². The van der Waals surface area contributed by atoms with E-state index in [0.29, 0.717) is 11.3 Å². The molecule has 106 valence electrons. The summed E-state index contributed by atoms with van der Waals surface area (Å²) >= 11 is 0. The number of fused-ring (bicyclic) bond motifs is 1. The number of para-hydroxylation sites is 2. The van der Waals surface area contributed by atoms with Gasteiger partial charge in [0.25, 0.3) is 0 Å². The third-order valence-electron chi connectivity index (χ3n) is 3.73. The van der Waals surface area contributed by atoms with Crippen LogP contribution in [-0.2, 0) is 12.8 Å².